The van der Waals surface area contributed by atoms with E-state index in [2.05, 4.69) is 123 Å². The summed E-state index contributed by atoms with van der Waals surface area (Å²) < 4.78 is 0.744. The van der Waals surface area contributed by atoms with Gasteiger partial charge in [0.2, 0.25) is 0 Å². The minimum absolute atomic E-state index is 0.0953. The minimum Gasteiger partial charge on any atom is -0.387 e. The van der Waals surface area contributed by atoms with Crippen molar-refractivity contribution in [3.63, 3.8) is 0 Å². The van der Waals surface area contributed by atoms with E-state index in [0.717, 1.165) is 46.9 Å². The highest BCUT2D eigenvalue weighted by molar-refractivity contribution is 9.10. The van der Waals surface area contributed by atoms with Gasteiger partial charge in [0, 0.05) is 18.0 Å². The van der Waals surface area contributed by atoms with Gasteiger partial charge >= 0.3 is 0 Å². The van der Waals surface area contributed by atoms with E-state index in [0.29, 0.717) is 0 Å². The predicted molar refractivity (Wildman–Crippen MR) is 158 cm³/mol. The Labute approximate surface area is 232 Å². The second-order valence-electron chi connectivity index (χ2n) is 10.1. The third-order valence-corrected chi connectivity index (χ3v) is 8.36. The van der Waals surface area contributed by atoms with Gasteiger partial charge in [-0.15, -0.1) is 0 Å². The Morgan fingerprint density at radius 2 is 1.26 bits per heavy atom. The summed E-state index contributed by atoms with van der Waals surface area (Å²) in [6, 6.07) is 42.4. The van der Waals surface area contributed by atoms with Crippen LogP contribution in [0.15, 0.2) is 126 Å². The molecule has 2 atom stereocenters. The molecular formula is C34H31BrN2O. The number of halogens is 1. The van der Waals surface area contributed by atoms with Crippen LogP contribution in [0.3, 0.4) is 0 Å². The molecule has 1 aliphatic heterocycles. The maximum Gasteiger partial charge on any atom is 0.107 e. The number of fused-ring (bicyclic) bond motifs is 1. The number of rotatable bonds is 6. The van der Waals surface area contributed by atoms with Crippen LogP contribution in [0, 0.1) is 0 Å². The summed E-state index contributed by atoms with van der Waals surface area (Å²) in [5, 5.41) is 13.3. The molecule has 1 saturated heterocycles. The third-order valence-electron chi connectivity index (χ3n) is 7.95. The lowest BCUT2D eigenvalue weighted by molar-refractivity contribution is -0.0169. The molecule has 0 bridgehead atoms. The molecule has 4 heteroatoms. The Kier molecular flexibility index (Phi) is 7.12. The highest BCUT2D eigenvalue weighted by Gasteiger charge is 2.47. The number of aromatic nitrogens is 1. The third kappa shape index (κ3) is 4.37. The lowest BCUT2D eigenvalue weighted by Crippen LogP contribution is -2.56. The normalized spacial score (nSPS) is 17.4. The molecule has 6 rings (SSSR count). The van der Waals surface area contributed by atoms with E-state index < -0.39 is 11.6 Å². The van der Waals surface area contributed by atoms with Crippen molar-refractivity contribution in [1.82, 2.24) is 9.88 Å². The Hall–Kier alpha value is -3.31. The van der Waals surface area contributed by atoms with Gasteiger partial charge in [-0.1, -0.05) is 116 Å². The highest BCUT2D eigenvalue weighted by atomic mass is 79.9. The fraction of sp³-hybridized carbons (Fsp3) is 0.206. The fourth-order valence-corrected chi connectivity index (χ4v) is 6.80. The van der Waals surface area contributed by atoms with Gasteiger partial charge in [0.15, 0.2) is 0 Å². The van der Waals surface area contributed by atoms with Gasteiger partial charge < -0.3 is 5.11 Å². The summed E-state index contributed by atoms with van der Waals surface area (Å²) in [6.07, 6.45) is 2.38. The number of pyridine rings is 1. The molecular weight excluding hydrogens is 532 g/mol. The molecule has 190 valence electrons. The number of nitrogens with zero attached hydrogens (tertiary/aromatic N) is 2. The molecule has 0 saturated carbocycles. The predicted octanol–water partition coefficient (Wildman–Crippen LogP) is 7.88. The molecule has 2 heterocycles. The summed E-state index contributed by atoms with van der Waals surface area (Å²) in [5.41, 5.74) is 4.86. The van der Waals surface area contributed by atoms with E-state index in [9.17, 15) is 5.11 Å². The SMILES string of the molecule is O[C@H](c1cc(Br)nc2ccccc12)[C@@H]1CCCCN1C(c1ccccc1)(c1ccccc1)c1ccccc1. The number of likely N-dealkylation sites (tertiary alicyclic amines) is 1. The maximum absolute atomic E-state index is 12.3. The van der Waals surface area contributed by atoms with Crippen LogP contribution in [0.2, 0.25) is 0 Å². The molecule has 1 aromatic heterocycles. The van der Waals surface area contributed by atoms with E-state index >= 15 is 0 Å². The molecule has 1 fully saturated rings. The molecule has 38 heavy (non-hydrogen) atoms. The van der Waals surface area contributed by atoms with E-state index in [1.807, 2.05) is 24.3 Å². The zero-order chi connectivity index (χ0) is 26.0. The average molecular weight is 564 g/mol. The van der Waals surface area contributed by atoms with Crippen LogP contribution in [-0.2, 0) is 5.54 Å². The number of aliphatic hydroxyl groups is 1. The van der Waals surface area contributed by atoms with Crippen LogP contribution in [0.4, 0.5) is 0 Å². The van der Waals surface area contributed by atoms with Crippen LogP contribution in [0.25, 0.3) is 10.9 Å². The summed E-state index contributed by atoms with van der Waals surface area (Å²) in [5.74, 6) is 0. The lowest BCUT2D eigenvalue weighted by Gasteiger charge is -2.52. The van der Waals surface area contributed by atoms with Gasteiger partial charge in [-0.2, -0.15) is 0 Å². The molecule has 5 aromatic rings. The first-order valence-corrected chi connectivity index (χ1v) is 14.2. The monoisotopic (exact) mass is 562 g/mol. The van der Waals surface area contributed by atoms with Crippen molar-refractivity contribution >= 4 is 26.8 Å². The topological polar surface area (TPSA) is 36.4 Å². The van der Waals surface area contributed by atoms with Gasteiger partial charge in [0.25, 0.3) is 0 Å². The van der Waals surface area contributed by atoms with Crippen LogP contribution in [0.1, 0.15) is 47.6 Å². The smallest absolute Gasteiger partial charge is 0.107 e. The van der Waals surface area contributed by atoms with Crippen molar-refractivity contribution in [2.24, 2.45) is 0 Å². The number of hydrogen-bond acceptors (Lipinski definition) is 3. The molecule has 0 aliphatic carbocycles. The van der Waals surface area contributed by atoms with Crippen molar-refractivity contribution < 1.29 is 5.11 Å². The zero-order valence-corrected chi connectivity index (χ0v) is 22.8. The fourth-order valence-electron chi connectivity index (χ4n) is 6.36. The van der Waals surface area contributed by atoms with Gasteiger partial charge in [0.1, 0.15) is 4.60 Å². The molecule has 3 nitrogen and oxygen atoms in total. The van der Waals surface area contributed by atoms with E-state index in [4.69, 9.17) is 0 Å². The quantitative estimate of drug-likeness (QED) is 0.169. The summed E-state index contributed by atoms with van der Waals surface area (Å²) >= 11 is 3.60. The Morgan fingerprint density at radius 1 is 0.737 bits per heavy atom. The van der Waals surface area contributed by atoms with Crippen LogP contribution in [-0.4, -0.2) is 27.6 Å². The maximum atomic E-state index is 12.3. The molecule has 0 amide bonds. The minimum atomic E-state index is -0.685. The number of hydrogen-bond donors (Lipinski definition) is 1. The number of benzene rings is 4. The molecule has 0 radical (unpaired) electrons. The molecule has 1 N–H and O–H groups in total. The second kappa shape index (κ2) is 10.8. The van der Waals surface area contributed by atoms with Crippen LogP contribution < -0.4 is 0 Å². The molecule has 0 spiro atoms. The van der Waals surface area contributed by atoms with Crippen molar-refractivity contribution in [1.29, 1.82) is 0 Å². The zero-order valence-electron chi connectivity index (χ0n) is 21.2. The number of piperidine rings is 1. The lowest BCUT2D eigenvalue weighted by atomic mass is 9.73. The Bertz CT molecular complexity index is 1410. The van der Waals surface area contributed by atoms with Gasteiger partial charge in [0.05, 0.1) is 17.2 Å². The second-order valence-corrected chi connectivity index (χ2v) is 10.9. The van der Waals surface area contributed by atoms with Crippen molar-refractivity contribution in [2.75, 3.05) is 6.54 Å². The Morgan fingerprint density at radius 3 is 1.84 bits per heavy atom. The van der Waals surface area contributed by atoms with E-state index in [1.165, 1.54) is 16.7 Å². The number of aliphatic hydroxyl groups excluding tert-OH is 1. The van der Waals surface area contributed by atoms with Crippen molar-refractivity contribution in [2.45, 2.75) is 36.9 Å². The summed E-state index contributed by atoms with van der Waals surface area (Å²) in [7, 11) is 0. The van der Waals surface area contributed by atoms with E-state index in [1.54, 1.807) is 0 Å². The van der Waals surface area contributed by atoms with Crippen molar-refractivity contribution in [3.05, 3.63) is 148 Å². The largest absolute Gasteiger partial charge is 0.387 e. The first-order chi connectivity index (χ1) is 18.7. The van der Waals surface area contributed by atoms with E-state index in [-0.39, 0.29) is 6.04 Å². The Balaban J connectivity index is 1.59. The standard InChI is InChI=1S/C34H31BrN2O/c35-32-24-29(28-20-10-11-21-30(28)36-32)33(38)31-22-12-13-23-37(31)34(25-14-4-1-5-15-25,26-16-6-2-7-17-26)27-18-8-3-9-19-27/h1-11,14-21,24,31,33,38H,12-13,22-23H2/t31-,33+/m0/s1. The summed E-state index contributed by atoms with van der Waals surface area (Å²) in [6.45, 7) is 0.880. The highest BCUT2D eigenvalue weighted by Crippen LogP contribution is 2.47. The molecule has 0 unspecified atom stereocenters. The van der Waals surface area contributed by atoms with Gasteiger partial charge in [-0.05, 0) is 63.2 Å². The summed E-state index contributed by atoms with van der Waals surface area (Å²) in [4.78, 5) is 7.24. The van der Waals surface area contributed by atoms with Crippen LogP contribution >= 0.6 is 15.9 Å². The average Bonchev–Trinajstić information content (AvgIpc) is 2.99. The van der Waals surface area contributed by atoms with Crippen molar-refractivity contribution in [3.8, 4) is 0 Å². The molecule has 4 aromatic carbocycles. The molecule has 1 aliphatic rings. The van der Waals surface area contributed by atoms with Gasteiger partial charge in [-0.3, -0.25) is 4.90 Å². The number of para-hydroxylation sites is 1. The first kappa shape index (κ1) is 25.0. The van der Waals surface area contributed by atoms with Gasteiger partial charge in [-0.25, -0.2) is 4.98 Å². The first-order valence-electron chi connectivity index (χ1n) is 13.4. The van der Waals surface area contributed by atoms with Crippen LogP contribution in [0.5, 0.6) is 0 Å².